The Kier molecular flexibility index (Phi) is 5.64. The third-order valence-corrected chi connectivity index (χ3v) is 6.93. The molecule has 31 heavy (non-hydrogen) atoms. The van der Waals surface area contributed by atoms with E-state index in [2.05, 4.69) is 38.2 Å². The quantitative estimate of drug-likeness (QED) is 0.687. The van der Waals surface area contributed by atoms with E-state index in [9.17, 15) is 9.59 Å². The van der Waals surface area contributed by atoms with Crippen LogP contribution in [0.5, 0.6) is 11.5 Å². The Morgan fingerprint density at radius 3 is 2.65 bits per heavy atom. The molecule has 166 valence electrons. The van der Waals surface area contributed by atoms with Crippen LogP contribution in [0.3, 0.4) is 0 Å². The van der Waals surface area contributed by atoms with E-state index in [1.165, 1.54) is 0 Å². The minimum absolute atomic E-state index is 0.151. The number of carbonyl (C=O) groups excluding carboxylic acids is 1. The topological polar surface area (TPSA) is 83.7 Å². The van der Waals surface area contributed by atoms with Gasteiger partial charge in [0.05, 0.1) is 4.47 Å². The van der Waals surface area contributed by atoms with Crippen molar-refractivity contribution in [2.24, 2.45) is 5.92 Å². The van der Waals surface area contributed by atoms with Crippen LogP contribution in [-0.4, -0.2) is 41.7 Å². The Hall–Kier alpha value is -2.32. The molecule has 4 rings (SSSR count). The molecule has 2 aliphatic heterocycles. The number of carbonyl (C=O) groups is 1. The lowest BCUT2D eigenvalue weighted by Gasteiger charge is -2.29. The van der Waals surface area contributed by atoms with Gasteiger partial charge in [-0.15, -0.1) is 0 Å². The normalized spacial score (nSPS) is 22.7. The summed E-state index contributed by atoms with van der Waals surface area (Å²) in [5, 5.41) is 2.87. The highest BCUT2D eigenvalue weighted by molar-refractivity contribution is 9.10. The van der Waals surface area contributed by atoms with Crippen molar-refractivity contribution in [1.82, 2.24) is 15.2 Å². The van der Waals surface area contributed by atoms with E-state index in [1.54, 1.807) is 6.07 Å². The summed E-state index contributed by atoms with van der Waals surface area (Å²) in [5.41, 5.74) is 3.23. The van der Waals surface area contributed by atoms with Crippen LogP contribution < -0.4 is 20.3 Å². The number of H-pyrrole nitrogens is 1. The van der Waals surface area contributed by atoms with Gasteiger partial charge in [0.2, 0.25) is 0 Å². The molecule has 2 aromatic rings. The van der Waals surface area contributed by atoms with E-state index in [1.807, 2.05) is 33.8 Å². The maximum atomic E-state index is 13.0. The number of benzene rings is 1. The van der Waals surface area contributed by atoms with Crippen molar-refractivity contribution in [3.8, 4) is 11.5 Å². The first-order valence-electron chi connectivity index (χ1n) is 10.5. The monoisotopic (exact) mass is 489 g/mol. The number of hydrogen-bond donors (Lipinski definition) is 2. The summed E-state index contributed by atoms with van der Waals surface area (Å²) in [6.07, 6.45) is 0.995. The number of likely N-dealkylation sites (tertiary alicyclic amines) is 1. The standard InChI is InChI=1S/C23H28BrN3O4/c1-12-8-13(2)26-22(29)17(12)10-25-21(28)16-9-18(24)20-19(14(16)3)30-23(4,31-20)15-6-7-27(5)11-15/h8-9,15H,6-7,10-11H2,1-5H3,(H,25,28)(H,26,29). The lowest BCUT2D eigenvalue weighted by atomic mass is 9.99. The van der Waals surface area contributed by atoms with Crippen LogP contribution >= 0.6 is 15.9 Å². The highest BCUT2D eigenvalue weighted by Crippen LogP contribution is 2.50. The summed E-state index contributed by atoms with van der Waals surface area (Å²) in [4.78, 5) is 30.3. The highest BCUT2D eigenvalue weighted by Gasteiger charge is 2.48. The molecule has 0 saturated carbocycles. The zero-order valence-corrected chi connectivity index (χ0v) is 20.1. The van der Waals surface area contributed by atoms with Crippen molar-refractivity contribution in [3.05, 3.63) is 54.9 Å². The van der Waals surface area contributed by atoms with E-state index in [0.29, 0.717) is 27.1 Å². The Labute approximate surface area is 190 Å². The summed E-state index contributed by atoms with van der Waals surface area (Å²) in [5.74, 6) is 0.447. The van der Waals surface area contributed by atoms with E-state index < -0.39 is 5.79 Å². The molecule has 8 heteroatoms. The Morgan fingerprint density at radius 1 is 1.29 bits per heavy atom. The van der Waals surface area contributed by atoms with Crippen LogP contribution in [0.15, 0.2) is 21.4 Å². The van der Waals surface area contributed by atoms with Crippen molar-refractivity contribution >= 4 is 21.8 Å². The van der Waals surface area contributed by atoms with Crippen LogP contribution in [0.2, 0.25) is 0 Å². The summed E-state index contributed by atoms with van der Waals surface area (Å²) in [7, 11) is 2.09. The van der Waals surface area contributed by atoms with Gasteiger partial charge >= 0.3 is 0 Å². The molecule has 0 spiro atoms. The molecule has 7 nitrogen and oxygen atoms in total. The Bertz CT molecular complexity index is 1110. The molecule has 1 aromatic heterocycles. The average molecular weight is 490 g/mol. The molecular weight excluding hydrogens is 462 g/mol. The second-order valence-electron chi connectivity index (χ2n) is 8.78. The van der Waals surface area contributed by atoms with Gasteiger partial charge in [0, 0.05) is 48.3 Å². The molecule has 2 unspecified atom stereocenters. The van der Waals surface area contributed by atoms with Crippen LogP contribution in [-0.2, 0) is 6.54 Å². The van der Waals surface area contributed by atoms with Gasteiger partial charge < -0.3 is 24.7 Å². The third-order valence-electron chi connectivity index (χ3n) is 6.35. The Morgan fingerprint density at radius 2 is 2.00 bits per heavy atom. The SMILES string of the molecule is Cc1cc(C)c(CNC(=O)c2cc(Br)c3c(c2C)OC(C)(C2CCN(C)C2)O3)c(=O)[nH]1. The van der Waals surface area contributed by atoms with Gasteiger partial charge in [0.1, 0.15) is 0 Å². The number of fused-ring (bicyclic) bond motifs is 1. The molecule has 2 aliphatic rings. The second kappa shape index (κ2) is 7.98. The summed E-state index contributed by atoms with van der Waals surface area (Å²) >= 11 is 3.55. The second-order valence-corrected chi connectivity index (χ2v) is 9.64. The van der Waals surface area contributed by atoms with Crippen molar-refractivity contribution < 1.29 is 14.3 Å². The molecular formula is C23H28BrN3O4. The molecule has 1 fully saturated rings. The molecule has 0 radical (unpaired) electrons. The minimum Gasteiger partial charge on any atom is -0.448 e. The fourth-order valence-corrected chi connectivity index (χ4v) is 4.97. The first-order valence-corrected chi connectivity index (χ1v) is 11.3. The number of nitrogens with one attached hydrogen (secondary N) is 2. The predicted octanol–water partition coefficient (Wildman–Crippen LogP) is 3.43. The van der Waals surface area contributed by atoms with Crippen LogP contribution in [0, 0.1) is 26.7 Å². The van der Waals surface area contributed by atoms with E-state index >= 15 is 0 Å². The molecule has 0 aliphatic carbocycles. The first kappa shape index (κ1) is 21.9. The number of amides is 1. The lowest BCUT2D eigenvalue weighted by Crippen LogP contribution is -2.44. The van der Waals surface area contributed by atoms with Crippen molar-refractivity contribution in [2.45, 2.75) is 46.4 Å². The van der Waals surface area contributed by atoms with Gasteiger partial charge in [0.25, 0.3) is 17.3 Å². The largest absolute Gasteiger partial charge is 0.448 e. The smallest absolute Gasteiger partial charge is 0.253 e. The molecule has 1 saturated heterocycles. The number of ether oxygens (including phenoxy) is 2. The van der Waals surface area contributed by atoms with Gasteiger partial charge in [-0.05, 0) is 74.4 Å². The number of rotatable bonds is 4. The highest BCUT2D eigenvalue weighted by atomic mass is 79.9. The third kappa shape index (κ3) is 3.99. The van der Waals surface area contributed by atoms with Crippen LogP contribution in [0.4, 0.5) is 0 Å². The maximum absolute atomic E-state index is 13.0. The lowest BCUT2D eigenvalue weighted by molar-refractivity contribution is -0.106. The van der Waals surface area contributed by atoms with E-state index in [-0.39, 0.29) is 23.9 Å². The van der Waals surface area contributed by atoms with Gasteiger partial charge in [-0.2, -0.15) is 0 Å². The van der Waals surface area contributed by atoms with Gasteiger partial charge in [-0.25, -0.2) is 0 Å². The van der Waals surface area contributed by atoms with Crippen LogP contribution in [0.1, 0.15) is 46.1 Å². The number of pyridine rings is 1. The fraction of sp³-hybridized carbons (Fsp3) is 0.478. The Balaban J connectivity index is 1.57. The number of aryl methyl sites for hydroxylation is 2. The molecule has 2 N–H and O–H groups in total. The summed E-state index contributed by atoms with van der Waals surface area (Å²) in [6, 6.07) is 3.65. The van der Waals surface area contributed by atoms with E-state index in [4.69, 9.17) is 9.47 Å². The van der Waals surface area contributed by atoms with Gasteiger partial charge in [-0.1, -0.05) is 0 Å². The molecule has 1 amide bonds. The van der Waals surface area contributed by atoms with Crippen molar-refractivity contribution in [1.29, 1.82) is 0 Å². The molecule has 0 bridgehead atoms. The minimum atomic E-state index is -0.762. The van der Waals surface area contributed by atoms with Crippen LogP contribution in [0.25, 0.3) is 0 Å². The van der Waals surface area contributed by atoms with E-state index in [0.717, 1.165) is 36.3 Å². The fourth-order valence-electron chi connectivity index (χ4n) is 4.48. The number of aromatic amines is 1. The molecule has 3 heterocycles. The number of halogens is 1. The summed E-state index contributed by atoms with van der Waals surface area (Å²) in [6.45, 7) is 9.59. The number of nitrogens with zero attached hydrogens (tertiary/aromatic N) is 1. The average Bonchev–Trinajstić information content (AvgIpc) is 3.28. The molecule has 1 aromatic carbocycles. The maximum Gasteiger partial charge on any atom is 0.253 e. The van der Waals surface area contributed by atoms with Gasteiger partial charge in [-0.3, -0.25) is 9.59 Å². The number of aromatic nitrogens is 1. The first-order chi connectivity index (χ1) is 14.6. The van der Waals surface area contributed by atoms with Crippen molar-refractivity contribution in [2.75, 3.05) is 20.1 Å². The molecule has 2 atom stereocenters. The predicted molar refractivity (Wildman–Crippen MR) is 122 cm³/mol. The zero-order chi connectivity index (χ0) is 22.5. The van der Waals surface area contributed by atoms with Gasteiger partial charge in [0.15, 0.2) is 11.5 Å². The summed E-state index contributed by atoms with van der Waals surface area (Å²) < 4.78 is 13.3. The zero-order valence-electron chi connectivity index (χ0n) is 18.5. The van der Waals surface area contributed by atoms with Crippen molar-refractivity contribution in [3.63, 3.8) is 0 Å². The number of hydrogen-bond acceptors (Lipinski definition) is 5.